The van der Waals surface area contributed by atoms with Crippen molar-refractivity contribution in [2.75, 3.05) is 18.6 Å². The van der Waals surface area contributed by atoms with Crippen molar-refractivity contribution in [1.29, 1.82) is 0 Å². The molecule has 2 fully saturated rings. The van der Waals surface area contributed by atoms with Crippen molar-refractivity contribution in [2.24, 2.45) is 23.7 Å². The van der Waals surface area contributed by atoms with Gasteiger partial charge >= 0.3 is 5.97 Å². The fraction of sp³-hybridized carbons (Fsp3) is 0.308. The smallest absolute Gasteiger partial charge is 0.338 e. The van der Waals surface area contributed by atoms with E-state index in [9.17, 15) is 19.2 Å². The van der Waals surface area contributed by atoms with Gasteiger partial charge in [0.05, 0.1) is 30.2 Å². The first-order chi connectivity index (χ1) is 15.9. The predicted octanol–water partition coefficient (Wildman–Crippen LogP) is 3.44. The van der Waals surface area contributed by atoms with Gasteiger partial charge in [0.25, 0.3) is 0 Å². The standard InChI is InChI=1S/C26H23NO6/c1-14-10-17-12-20(14)23-22(17)24(29)27(25(23)30)18-5-3-4-16(11-18)26(31)33-13-21(28)15-6-8-19(32-2)9-7-15/h3-11,17,20,22-23H,12-13H2,1-2H3/t17-,20+,22-,23-/m0/s1. The third-order valence-electron chi connectivity index (χ3n) is 6.97. The Morgan fingerprint density at radius 1 is 1.00 bits per heavy atom. The molecule has 1 aliphatic heterocycles. The van der Waals surface area contributed by atoms with E-state index in [0.717, 1.165) is 6.42 Å². The number of ketones is 1. The van der Waals surface area contributed by atoms with E-state index >= 15 is 0 Å². The first kappa shape index (κ1) is 21.1. The number of benzene rings is 2. The molecule has 1 saturated carbocycles. The van der Waals surface area contributed by atoms with Crippen LogP contribution in [0.1, 0.15) is 34.1 Å². The number of carbonyl (C=O) groups excluding carboxylic acids is 4. The van der Waals surface area contributed by atoms with Gasteiger partial charge in [0, 0.05) is 5.56 Å². The van der Waals surface area contributed by atoms with Gasteiger partial charge < -0.3 is 9.47 Å². The molecule has 2 aromatic carbocycles. The van der Waals surface area contributed by atoms with Gasteiger partial charge in [0.2, 0.25) is 11.8 Å². The van der Waals surface area contributed by atoms with E-state index in [1.54, 1.807) is 36.4 Å². The summed E-state index contributed by atoms with van der Waals surface area (Å²) < 4.78 is 10.3. The van der Waals surface area contributed by atoms with Crippen LogP contribution >= 0.6 is 0 Å². The largest absolute Gasteiger partial charge is 0.497 e. The number of methoxy groups -OCH3 is 1. The van der Waals surface area contributed by atoms with Crippen LogP contribution in [0.25, 0.3) is 0 Å². The highest BCUT2D eigenvalue weighted by atomic mass is 16.5. The summed E-state index contributed by atoms with van der Waals surface area (Å²) in [4.78, 5) is 52.3. The summed E-state index contributed by atoms with van der Waals surface area (Å²) >= 11 is 0. The predicted molar refractivity (Wildman–Crippen MR) is 119 cm³/mol. The monoisotopic (exact) mass is 445 g/mol. The Hall–Kier alpha value is -3.74. The third-order valence-corrected chi connectivity index (χ3v) is 6.97. The fourth-order valence-electron chi connectivity index (χ4n) is 5.38. The van der Waals surface area contributed by atoms with Crippen molar-refractivity contribution < 1.29 is 28.7 Å². The average Bonchev–Trinajstić information content (AvgIpc) is 3.47. The highest BCUT2D eigenvalue weighted by Gasteiger charge is 2.60. The van der Waals surface area contributed by atoms with Gasteiger partial charge in [0.1, 0.15) is 5.75 Å². The van der Waals surface area contributed by atoms with E-state index in [1.165, 1.54) is 29.7 Å². The summed E-state index contributed by atoms with van der Waals surface area (Å²) in [5.41, 5.74) is 2.11. The number of anilines is 1. The molecule has 0 spiro atoms. The van der Waals surface area contributed by atoms with Gasteiger partial charge in [-0.1, -0.05) is 17.7 Å². The summed E-state index contributed by atoms with van der Waals surface area (Å²) in [5.74, 6) is -1.24. The first-order valence-corrected chi connectivity index (χ1v) is 10.9. The van der Waals surface area contributed by atoms with Crippen LogP contribution in [0.4, 0.5) is 5.69 Å². The molecule has 0 N–H and O–H groups in total. The number of ether oxygens (including phenoxy) is 2. The molecule has 7 nitrogen and oxygen atoms in total. The minimum absolute atomic E-state index is 0.110. The number of fused-ring (bicyclic) bond motifs is 5. The van der Waals surface area contributed by atoms with Gasteiger partial charge in [-0.05, 0) is 67.6 Å². The van der Waals surface area contributed by atoms with Crippen molar-refractivity contribution in [3.8, 4) is 5.75 Å². The van der Waals surface area contributed by atoms with Crippen LogP contribution < -0.4 is 9.64 Å². The molecule has 7 heteroatoms. The van der Waals surface area contributed by atoms with Gasteiger partial charge in [-0.3, -0.25) is 14.4 Å². The highest BCUT2D eigenvalue weighted by molar-refractivity contribution is 6.23. The summed E-state index contributed by atoms with van der Waals surface area (Å²) in [5, 5.41) is 0. The number of Topliss-reactive ketones (excluding diaryl/α,β-unsaturated/α-hetero) is 1. The van der Waals surface area contributed by atoms with Crippen LogP contribution in [-0.4, -0.2) is 37.3 Å². The number of carbonyl (C=O) groups is 4. The minimum Gasteiger partial charge on any atom is -0.497 e. The number of hydrogen-bond donors (Lipinski definition) is 0. The first-order valence-electron chi connectivity index (χ1n) is 10.9. The SMILES string of the molecule is COc1ccc(C(=O)COC(=O)c2cccc(N3C(=O)[C@@H]4[C@@H](C3=O)[C@H]3C=C(C)[C@H]4C3)c2)cc1. The Labute approximate surface area is 191 Å². The molecule has 2 aliphatic carbocycles. The highest BCUT2D eigenvalue weighted by Crippen LogP contribution is 2.55. The second-order valence-electron chi connectivity index (χ2n) is 8.76. The molecule has 0 radical (unpaired) electrons. The second-order valence-corrected chi connectivity index (χ2v) is 8.76. The molecule has 2 aromatic rings. The topological polar surface area (TPSA) is 90.0 Å². The van der Waals surface area contributed by atoms with Gasteiger partial charge in [-0.25, -0.2) is 9.69 Å². The number of hydrogen-bond acceptors (Lipinski definition) is 6. The van der Waals surface area contributed by atoms with Gasteiger partial charge in [0.15, 0.2) is 12.4 Å². The van der Waals surface area contributed by atoms with Crippen LogP contribution in [0.2, 0.25) is 0 Å². The fourth-order valence-corrected chi connectivity index (χ4v) is 5.38. The Balaban J connectivity index is 1.28. The Morgan fingerprint density at radius 3 is 2.45 bits per heavy atom. The molecule has 3 aliphatic rings. The lowest BCUT2D eigenvalue weighted by Crippen LogP contribution is -2.33. The van der Waals surface area contributed by atoms with Gasteiger partial charge in [-0.15, -0.1) is 0 Å². The number of imide groups is 1. The molecule has 168 valence electrons. The lowest BCUT2D eigenvalue weighted by atomic mass is 9.82. The molecular formula is C26H23NO6. The molecule has 5 rings (SSSR count). The van der Waals surface area contributed by atoms with E-state index in [1.807, 2.05) is 6.92 Å². The van der Waals surface area contributed by atoms with Crippen molar-refractivity contribution in [3.63, 3.8) is 0 Å². The minimum atomic E-state index is -0.699. The molecule has 2 bridgehead atoms. The zero-order valence-electron chi connectivity index (χ0n) is 18.3. The molecule has 1 heterocycles. The molecule has 0 unspecified atom stereocenters. The van der Waals surface area contributed by atoms with E-state index in [0.29, 0.717) is 17.0 Å². The number of nitrogens with zero attached hydrogens (tertiary/aromatic N) is 1. The van der Waals surface area contributed by atoms with Crippen LogP contribution in [0.15, 0.2) is 60.2 Å². The quantitative estimate of drug-likeness (QED) is 0.293. The van der Waals surface area contributed by atoms with Crippen LogP contribution in [0, 0.1) is 23.7 Å². The van der Waals surface area contributed by atoms with Crippen LogP contribution in [0.3, 0.4) is 0 Å². The maximum atomic E-state index is 13.1. The summed E-state index contributed by atoms with van der Waals surface area (Å²) in [7, 11) is 1.53. The van der Waals surface area contributed by atoms with E-state index < -0.39 is 12.6 Å². The molecular weight excluding hydrogens is 422 g/mol. The summed E-state index contributed by atoms with van der Waals surface area (Å²) in [6, 6.07) is 12.7. The van der Waals surface area contributed by atoms with Crippen LogP contribution in [-0.2, 0) is 14.3 Å². The van der Waals surface area contributed by atoms with Crippen molar-refractivity contribution in [1.82, 2.24) is 0 Å². The van der Waals surface area contributed by atoms with E-state index in [4.69, 9.17) is 9.47 Å². The number of amides is 2. The molecule has 1 saturated heterocycles. The maximum absolute atomic E-state index is 13.1. The third kappa shape index (κ3) is 3.44. The van der Waals surface area contributed by atoms with Crippen molar-refractivity contribution in [3.05, 3.63) is 71.3 Å². The summed E-state index contributed by atoms with van der Waals surface area (Å²) in [6.45, 7) is 1.60. The number of rotatable bonds is 6. The average molecular weight is 445 g/mol. The molecule has 0 aromatic heterocycles. The lowest BCUT2D eigenvalue weighted by molar-refractivity contribution is -0.123. The Bertz CT molecular complexity index is 1200. The van der Waals surface area contributed by atoms with Gasteiger partial charge in [-0.2, -0.15) is 0 Å². The summed E-state index contributed by atoms with van der Waals surface area (Å²) in [6.07, 6.45) is 2.98. The van der Waals surface area contributed by atoms with Crippen molar-refractivity contribution in [2.45, 2.75) is 13.3 Å². The second kappa shape index (κ2) is 7.99. The molecule has 2 amide bonds. The van der Waals surface area contributed by atoms with Crippen molar-refractivity contribution >= 4 is 29.3 Å². The normalized spacial score (nSPS) is 25.2. The molecule has 4 atom stereocenters. The Morgan fingerprint density at radius 2 is 1.73 bits per heavy atom. The Kier molecular flexibility index (Phi) is 5.12. The lowest BCUT2D eigenvalue weighted by Gasteiger charge is -2.19. The number of esters is 1. The van der Waals surface area contributed by atoms with E-state index in [-0.39, 0.29) is 46.8 Å². The molecule has 33 heavy (non-hydrogen) atoms. The van der Waals surface area contributed by atoms with E-state index in [2.05, 4.69) is 6.08 Å². The van der Waals surface area contributed by atoms with Crippen LogP contribution in [0.5, 0.6) is 5.75 Å². The zero-order valence-corrected chi connectivity index (χ0v) is 18.3. The zero-order chi connectivity index (χ0) is 23.3. The number of allylic oxidation sites excluding steroid dienone is 2. The maximum Gasteiger partial charge on any atom is 0.338 e.